The van der Waals surface area contributed by atoms with Gasteiger partial charge in [-0.05, 0) is 39.0 Å². The van der Waals surface area contributed by atoms with Gasteiger partial charge in [-0.15, -0.1) is 0 Å². The van der Waals surface area contributed by atoms with Crippen LogP contribution in [0.3, 0.4) is 0 Å². The molecule has 1 amide bonds. The van der Waals surface area contributed by atoms with E-state index in [4.69, 9.17) is 10.5 Å². The van der Waals surface area contributed by atoms with Crippen molar-refractivity contribution >= 4 is 11.9 Å². The molecule has 7 nitrogen and oxygen atoms in total. The number of carbonyl (C=O) groups excluding carboxylic acids is 1. The third kappa shape index (κ3) is 4.03. The van der Waals surface area contributed by atoms with E-state index in [9.17, 15) is 4.79 Å². The number of aromatic nitrogens is 2. The van der Waals surface area contributed by atoms with Crippen LogP contribution in [0.25, 0.3) is 0 Å². The highest BCUT2D eigenvalue weighted by Crippen LogP contribution is 2.27. The van der Waals surface area contributed by atoms with Crippen molar-refractivity contribution in [1.82, 2.24) is 14.9 Å². The van der Waals surface area contributed by atoms with Crippen LogP contribution < -0.4 is 15.4 Å². The number of nitrogens with two attached hydrogens (primary N) is 1. The molecule has 0 spiro atoms. The Morgan fingerprint density at radius 2 is 2.04 bits per heavy atom. The van der Waals surface area contributed by atoms with E-state index in [1.807, 2.05) is 6.92 Å². The van der Waals surface area contributed by atoms with Crippen molar-refractivity contribution in [3.63, 3.8) is 0 Å². The second-order valence-corrected chi connectivity index (χ2v) is 7.11. The molecule has 0 unspecified atom stereocenters. The van der Waals surface area contributed by atoms with Crippen LogP contribution >= 0.6 is 0 Å². The van der Waals surface area contributed by atoms with Gasteiger partial charge in [0.25, 0.3) is 0 Å². The van der Waals surface area contributed by atoms with Crippen LogP contribution in [0, 0.1) is 5.92 Å². The van der Waals surface area contributed by atoms with Gasteiger partial charge in [0.2, 0.25) is 17.7 Å². The van der Waals surface area contributed by atoms with E-state index in [-0.39, 0.29) is 23.9 Å². The van der Waals surface area contributed by atoms with Crippen LogP contribution in [-0.2, 0) is 4.79 Å². The standard InChI is InChI=1S/C18H29N5O2/c1-13(19)15-5-3-4-10-23(15)17(24)14-7-11-22(12-8-14)18-20-9-6-16(21-18)25-2/h6,9,13-15H,3-5,7-8,10-12,19H2,1-2H3/t13-,15-/m1/s1. The van der Waals surface area contributed by atoms with E-state index < -0.39 is 0 Å². The molecule has 2 saturated heterocycles. The van der Waals surface area contributed by atoms with Gasteiger partial charge in [0.1, 0.15) is 0 Å². The molecule has 2 atom stereocenters. The zero-order valence-corrected chi connectivity index (χ0v) is 15.2. The maximum Gasteiger partial charge on any atom is 0.228 e. The lowest BCUT2D eigenvalue weighted by molar-refractivity contribution is -0.140. The summed E-state index contributed by atoms with van der Waals surface area (Å²) in [6.07, 6.45) is 6.66. The van der Waals surface area contributed by atoms with Crippen LogP contribution in [0.1, 0.15) is 39.0 Å². The van der Waals surface area contributed by atoms with Gasteiger partial charge in [-0.1, -0.05) is 0 Å². The summed E-state index contributed by atoms with van der Waals surface area (Å²) in [4.78, 5) is 25.9. The van der Waals surface area contributed by atoms with Gasteiger partial charge in [0, 0.05) is 49.9 Å². The first-order chi connectivity index (χ1) is 12.1. The maximum absolute atomic E-state index is 13.0. The van der Waals surface area contributed by atoms with Crippen LogP contribution in [-0.4, -0.2) is 59.6 Å². The molecular weight excluding hydrogens is 318 g/mol. The molecule has 25 heavy (non-hydrogen) atoms. The van der Waals surface area contributed by atoms with Crippen molar-refractivity contribution in [3.05, 3.63) is 12.3 Å². The average molecular weight is 347 g/mol. The molecule has 0 aliphatic carbocycles. The summed E-state index contributed by atoms with van der Waals surface area (Å²) in [5.41, 5.74) is 6.12. The highest BCUT2D eigenvalue weighted by molar-refractivity contribution is 5.79. The summed E-state index contributed by atoms with van der Waals surface area (Å²) in [6, 6.07) is 1.97. The van der Waals surface area contributed by atoms with E-state index in [0.717, 1.165) is 45.3 Å². The van der Waals surface area contributed by atoms with Crippen molar-refractivity contribution < 1.29 is 9.53 Å². The SMILES string of the molecule is COc1ccnc(N2CCC(C(=O)N3CCCC[C@@H]3[C@@H](C)N)CC2)n1. The van der Waals surface area contributed by atoms with E-state index >= 15 is 0 Å². The Hall–Kier alpha value is -1.89. The molecule has 0 radical (unpaired) electrons. The Morgan fingerprint density at radius 3 is 2.72 bits per heavy atom. The minimum absolute atomic E-state index is 0.0366. The summed E-state index contributed by atoms with van der Waals surface area (Å²) >= 11 is 0. The van der Waals surface area contributed by atoms with Gasteiger partial charge in [0.15, 0.2) is 0 Å². The zero-order valence-electron chi connectivity index (χ0n) is 15.2. The molecule has 3 rings (SSSR count). The van der Waals surface area contributed by atoms with Crippen molar-refractivity contribution in [3.8, 4) is 5.88 Å². The molecule has 138 valence electrons. The minimum Gasteiger partial charge on any atom is -0.481 e. The number of nitrogens with zero attached hydrogens (tertiary/aromatic N) is 4. The predicted molar refractivity (Wildman–Crippen MR) is 96.5 cm³/mol. The smallest absolute Gasteiger partial charge is 0.228 e. The van der Waals surface area contributed by atoms with E-state index in [2.05, 4.69) is 19.8 Å². The second kappa shape index (κ2) is 7.99. The van der Waals surface area contributed by atoms with E-state index in [1.165, 1.54) is 6.42 Å². The minimum atomic E-state index is 0.0366. The van der Waals surface area contributed by atoms with Gasteiger partial charge in [0.05, 0.1) is 7.11 Å². The van der Waals surface area contributed by atoms with Gasteiger partial charge in [-0.3, -0.25) is 4.79 Å². The molecule has 0 aromatic carbocycles. The largest absolute Gasteiger partial charge is 0.481 e. The Morgan fingerprint density at radius 1 is 1.28 bits per heavy atom. The Bertz CT molecular complexity index is 587. The van der Waals surface area contributed by atoms with E-state index in [0.29, 0.717) is 11.8 Å². The van der Waals surface area contributed by atoms with Crippen molar-refractivity contribution in [2.24, 2.45) is 11.7 Å². The zero-order chi connectivity index (χ0) is 17.8. The summed E-state index contributed by atoms with van der Waals surface area (Å²) in [7, 11) is 1.60. The molecule has 1 aromatic rings. The van der Waals surface area contributed by atoms with Crippen molar-refractivity contribution in [1.29, 1.82) is 0 Å². The normalized spacial score (nSPS) is 23.4. The Labute approximate surface area is 149 Å². The lowest BCUT2D eigenvalue weighted by Gasteiger charge is -2.41. The van der Waals surface area contributed by atoms with Crippen LogP contribution in [0.15, 0.2) is 12.3 Å². The van der Waals surface area contributed by atoms with Gasteiger partial charge in [-0.2, -0.15) is 4.98 Å². The highest BCUT2D eigenvalue weighted by atomic mass is 16.5. The molecule has 7 heteroatoms. The van der Waals surface area contributed by atoms with Crippen molar-refractivity contribution in [2.45, 2.75) is 51.1 Å². The third-order valence-corrected chi connectivity index (χ3v) is 5.39. The lowest BCUT2D eigenvalue weighted by Crippen LogP contribution is -2.54. The Kier molecular flexibility index (Phi) is 5.73. The number of methoxy groups -OCH3 is 1. The number of piperidine rings is 2. The van der Waals surface area contributed by atoms with E-state index in [1.54, 1.807) is 19.4 Å². The van der Waals surface area contributed by atoms with Crippen LogP contribution in [0.2, 0.25) is 0 Å². The monoisotopic (exact) mass is 347 g/mol. The fourth-order valence-corrected chi connectivity index (χ4v) is 3.94. The molecule has 2 aliphatic heterocycles. The summed E-state index contributed by atoms with van der Waals surface area (Å²) < 4.78 is 5.17. The second-order valence-electron chi connectivity index (χ2n) is 7.11. The quantitative estimate of drug-likeness (QED) is 0.887. The summed E-state index contributed by atoms with van der Waals surface area (Å²) in [6.45, 7) is 4.45. The number of likely N-dealkylation sites (tertiary alicyclic amines) is 1. The summed E-state index contributed by atoms with van der Waals surface area (Å²) in [5.74, 6) is 1.61. The van der Waals surface area contributed by atoms with Crippen LogP contribution in [0.5, 0.6) is 5.88 Å². The molecule has 2 fully saturated rings. The third-order valence-electron chi connectivity index (χ3n) is 5.39. The maximum atomic E-state index is 13.0. The molecule has 3 heterocycles. The number of hydrogen-bond donors (Lipinski definition) is 1. The molecule has 2 aliphatic rings. The fraction of sp³-hybridized carbons (Fsp3) is 0.722. The van der Waals surface area contributed by atoms with Gasteiger partial charge >= 0.3 is 0 Å². The number of ether oxygens (including phenoxy) is 1. The topological polar surface area (TPSA) is 84.6 Å². The fourth-order valence-electron chi connectivity index (χ4n) is 3.94. The average Bonchev–Trinajstić information content (AvgIpc) is 2.67. The van der Waals surface area contributed by atoms with Crippen molar-refractivity contribution in [2.75, 3.05) is 31.6 Å². The summed E-state index contributed by atoms with van der Waals surface area (Å²) in [5, 5.41) is 0. The number of rotatable bonds is 4. The van der Waals surface area contributed by atoms with Crippen LogP contribution in [0.4, 0.5) is 5.95 Å². The molecule has 0 bridgehead atoms. The molecule has 2 N–H and O–H groups in total. The first kappa shape index (κ1) is 17.9. The number of amides is 1. The highest BCUT2D eigenvalue weighted by Gasteiger charge is 2.35. The Balaban J connectivity index is 1.60. The number of carbonyl (C=O) groups is 1. The molecule has 1 aromatic heterocycles. The molecular formula is C18H29N5O2. The lowest BCUT2D eigenvalue weighted by atomic mass is 9.91. The number of anilines is 1. The number of hydrogen-bond acceptors (Lipinski definition) is 6. The van der Waals surface area contributed by atoms with Gasteiger partial charge in [-0.25, -0.2) is 4.98 Å². The first-order valence-corrected chi connectivity index (χ1v) is 9.28. The first-order valence-electron chi connectivity index (χ1n) is 9.28. The molecule has 0 saturated carbocycles. The van der Waals surface area contributed by atoms with Gasteiger partial charge < -0.3 is 20.3 Å². The predicted octanol–water partition coefficient (Wildman–Crippen LogP) is 1.43.